The van der Waals surface area contributed by atoms with E-state index in [1.54, 1.807) is 6.92 Å². The molecular formula is C25H27F4N3O4. The van der Waals surface area contributed by atoms with Gasteiger partial charge in [-0.1, -0.05) is 12.1 Å². The van der Waals surface area contributed by atoms with Gasteiger partial charge in [-0.3, -0.25) is 0 Å². The minimum absolute atomic E-state index is 0.0244. The standard InChI is InChI=1S/C25H27F4N3O4/c1-13(16-5-4-6-17(21(16)26)25(28,29)12-33)30-24-20-18(31-14(2)32-24)11-19(34-3)23(22(20)27)36-10-9-35-15-7-8-15/h4-6,11,13,15,33H,7-10,12H2,1-3H3,(H,30,31,32)/t13-/m1/s1. The molecule has 1 aliphatic rings. The van der Waals surface area contributed by atoms with Crippen molar-refractivity contribution >= 4 is 16.7 Å². The number of methoxy groups -OCH3 is 1. The summed E-state index contributed by atoms with van der Waals surface area (Å²) in [5, 5.41) is 11.9. The Labute approximate surface area is 205 Å². The Hall–Kier alpha value is -3.18. The summed E-state index contributed by atoms with van der Waals surface area (Å²) in [4.78, 5) is 8.55. The highest BCUT2D eigenvalue weighted by Crippen LogP contribution is 2.40. The average Bonchev–Trinajstić information content (AvgIpc) is 3.66. The highest BCUT2D eigenvalue weighted by atomic mass is 19.3. The van der Waals surface area contributed by atoms with Crippen LogP contribution in [-0.2, 0) is 10.7 Å². The molecule has 4 rings (SSSR count). The second kappa shape index (κ2) is 10.4. The average molecular weight is 510 g/mol. The molecule has 7 nitrogen and oxygen atoms in total. The summed E-state index contributed by atoms with van der Waals surface area (Å²) < 4.78 is 75.2. The summed E-state index contributed by atoms with van der Waals surface area (Å²) in [5.74, 6) is -5.40. The molecule has 2 N–H and O–H groups in total. The first-order chi connectivity index (χ1) is 17.2. The molecule has 194 valence electrons. The normalized spacial score (nSPS) is 14.7. The zero-order valence-corrected chi connectivity index (χ0v) is 20.1. The Morgan fingerprint density at radius 1 is 1.17 bits per heavy atom. The van der Waals surface area contributed by atoms with Crippen molar-refractivity contribution in [3.8, 4) is 11.5 Å². The van der Waals surface area contributed by atoms with Crippen molar-refractivity contribution in [1.29, 1.82) is 0 Å². The van der Waals surface area contributed by atoms with Crippen molar-refractivity contribution in [3.63, 3.8) is 0 Å². The van der Waals surface area contributed by atoms with Crippen molar-refractivity contribution in [3.05, 3.63) is 52.9 Å². The lowest BCUT2D eigenvalue weighted by molar-refractivity contribution is -0.0583. The molecule has 0 spiro atoms. The van der Waals surface area contributed by atoms with Gasteiger partial charge in [0, 0.05) is 11.6 Å². The summed E-state index contributed by atoms with van der Waals surface area (Å²) in [7, 11) is 1.38. The number of aliphatic hydroxyl groups excluding tert-OH is 1. The molecule has 1 fully saturated rings. The summed E-state index contributed by atoms with van der Waals surface area (Å²) in [6.07, 6.45) is 2.22. The molecular weight excluding hydrogens is 482 g/mol. The van der Waals surface area contributed by atoms with Gasteiger partial charge in [0.05, 0.1) is 42.3 Å². The second-order valence-electron chi connectivity index (χ2n) is 8.59. The number of hydrogen-bond donors (Lipinski definition) is 2. The van der Waals surface area contributed by atoms with Gasteiger partial charge in [0.1, 0.15) is 30.7 Å². The molecule has 0 aliphatic heterocycles. The van der Waals surface area contributed by atoms with Crippen LogP contribution in [0.5, 0.6) is 11.5 Å². The fraction of sp³-hybridized carbons (Fsp3) is 0.440. The predicted molar refractivity (Wildman–Crippen MR) is 125 cm³/mol. The topological polar surface area (TPSA) is 85.7 Å². The van der Waals surface area contributed by atoms with Crippen LogP contribution in [0.15, 0.2) is 24.3 Å². The first kappa shape index (κ1) is 25.9. The van der Waals surface area contributed by atoms with E-state index in [1.165, 1.54) is 32.2 Å². The van der Waals surface area contributed by atoms with E-state index in [0.717, 1.165) is 18.9 Å². The number of alkyl halides is 2. The van der Waals surface area contributed by atoms with Crippen LogP contribution in [0.3, 0.4) is 0 Å². The third kappa shape index (κ3) is 5.31. The van der Waals surface area contributed by atoms with E-state index in [0.29, 0.717) is 5.82 Å². The molecule has 0 radical (unpaired) electrons. The molecule has 1 saturated carbocycles. The second-order valence-corrected chi connectivity index (χ2v) is 8.59. The number of benzene rings is 2. The van der Waals surface area contributed by atoms with Crippen molar-refractivity contribution in [2.24, 2.45) is 0 Å². The Kier molecular flexibility index (Phi) is 7.51. The van der Waals surface area contributed by atoms with Crippen LogP contribution in [0, 0.1) is 18.6 Å². The molecule has 1 heterocycles. The lowest BCUT2D eigenvalue weighted by Crippen LogP contribution is -2.22. The van der Waals surface area contributed by atoms with Crippen LogP contribution in [-0.4, -0.2) is 48.1 Å². The van der Waals surface area contributed by atoms with Gasteiger partial charge in [0.25, 0.3) is 5.92 Å². The number of halogens is 4. The molecule has 11 heteroatoms. The lowest BCUT2D eigenvalue weighted by Gasteiger charge is -2.21. The van der Waals surface area contributed by atoms with Gasteiger partial charge < -0.3 is 24.6 Å². The molecule has 36 heavy (non-hydrogen) atoms. The molecule has 0 unspecified atom stereocenters. The van der Waals surface area contributed by atoms with Gasteiger partial charge in [-0.15, -0.1) is 0 Å². The van der Waals surface area contributed by atoms with Crippen LogP contribution in [0.4, 0.5) is 23.4 Å². The molecule has 1 aliphatic carbocycles. The van der Waals surface area contributed by atoms with Crippen molar-refractivity contribution in [2.75, 3.05) is 32.2 Å². The third-order valence-electron chi connectivity index (χ3n) is 5.83. The van der Waals surface area contributed by atoms with Crippen LogP contribution < -0.4 is 14.8 Å². The summed E-state index contributed by atoms with van der Waals surface area (Å²) in [6, 6.07) is 4.11. The first-order valence-corrected chi connectivity index (χ1v) is 11.5. The molecule has 0 saturated heterocycles. The Morgan fingerprint density at radius 2 is 1.92 bits per heavy atom. The Morgan fingerprint density at radius 3 is 2.58 bits per heavy atom. The highest BCUT2D eigenvalue weighted by molar-refractivity contribution is 5.92. The zero-order chi connectivity index (χ0) is 26.0. The number of nitrogens with one attached hydrogen (secondary N) is 1. The Balaban J connectivity index is 1.69. The summed E-state index contributed by atoms with van der Waals surface area (Å²) in [5.41, 5.74) is -0.818. The van der Waals surface area contributed by atoms with Crippen LogP contribution in [0.2, 0.25) is 0 Å². The maximum absolute atomic E-state index is 15.7. The summed E-state index contributed by atoms with van der Waals surface area (Å²) in [6.45, 7) is 1.97. The first-order valence-electron chi connectivity index (χ1n) is 11.5. The molecule has 0 amide bonds. The lowest BCUT2D eigenvalue weighted by atomic mass is 10.00. The van der Waals surface area contributed by atoms with E-state index in [9.17, 15) is 13.2 Å². The number of rotatable bonds is 11. The number of fused-ring (bicyclic) bond motifs is 1. The van der Waals surface area contributed by atoms with Crippen molar-refractivity contribution in [2.45, 2.75) is 44.8 Å². The maximum atomic E-state index is 15.7. The molecule has 1 atom stereocenters. The number of aryl methyl sites for hydroxylation is 1. The van der Waals surface area contributed by atoms with E-state index in [1.807, 2.05) is 0 Å². The third-order valence-corrected chi connectivity index (χ3v) is 5.83. The number of anilines is 1. The minimum atomic E-state index is -3.75. The van der Waals surface area contributed by atoms with Gasteiger partial charge in [-0.05, 0) is 32.8 Å². The van der Waals surface area contributed by atoms with E-state index >= 15 is 4.39 Å². The van der Waals surface area contributed by atoms with E-state index in [4.69, 9.17) is 19.3 Å². The number of aromatic nitrogens is 2. The van der Waals surface area contributed by atoms with Gasteiger partial charge in [-0.25, -0.2) is 18.7 Å². The predicted octanol–water partition coefficient (Wildman–Crippen LogP) is 5.04. The van der Waals surface area contributed by atoms with E-state index in [-0.39, 0.29) is 53.1 Å². The number of hydrogen-bond acceptors (Lipinski definition) is 7. The highest BCUT2D eigenvalue weighted by Gasteiger charge is 2.35. The number of ether oxygens (including phenoxy) is 3. The zero-order valence-electron chi connectivity index (χ0n) is 20.1. The summed E-state index contributed by atoms with van der Waals surface area (Å²) >= 11 is 0. The van der Waals surface area contributed by atoms with Crippen LogP contribution in [0.25, 0.3) is 10.9 Å². The van der Waals surface area contributed by atoms with Crippen LogP contribution in [0.1, 0.15) is 42.8 Å². The van der Waals surface area contributed by atoms with Gasteiger partial charge in [0.15, 0.2) is 17.3 Å². The smallest absolute Gasteiger partial charge is 0.298 e. The molecule has 1 aromatic heterocycles. The maximum Gasteiger partial charge on any atom is 0.298 e. The quantitative estimate of drug-likeness (QED) is 0.277. The molecule has 2 aromatic carbocycles. The molecule has 3 aromatic rings. The largest absolute Gasteiger partial charge is 0.493 e. The van der Waals surface area contributed by atoms with Gasteiger partial charge in [-0.2, -0.15) is 8.78 Å². The van der Waals surface area contributed by atoms with Gasteiger partial charge >= 0.3 is 0 Å². The Bertz CT molecular complexity index is 1250. The van der Waals surface area contributed by atoms with Crippen molar-refractivity contribution < 1.29 is 36.9 Å². The number of aliphatic hydroxyl groups is 1. The fourth-order valence-electron chi connectivity index (χ4n) is 3.85. The fourth-order valence-corrected chi connectivity index (χ4v) is 3.85. The number of nitrogens with zero attached hydrogens (tertiary/aromatic N) is 2. The monoisotopic (exact) mass is 509 g/mol. The van der Waals surface area contributed by atoms with Crippen molar-refractivity contribution in [1.82, 2.24) is 9.97 Å². The SMILES string of the molecule is COc1cc2nc(C)nc(N[C@H](C)c3cccc(C(F)(F)CO)c3F)c2c(F)c1OCCOC1CC1. The van der Waals surface area contributed by atoms with Crippen LogP contribution >= 0.6 is 0 Å². The van der Waals surface area contributed by atoms with E-state index < -0.39 is 35.8 Å². The van der Waals surface area contributed by atoms with E-state index in [2.05, 4.69) is 15.3 Å². The van der Waals surface area contributed by atoms with Gasteiger partial charge in [0.2, 0.25) is 0 Å². The molecule has 0 bridgehead atoms. The minimum Gasteiger partial charge on any atom is -0.493 e.